The Morgan fingerprint density at radius 1 is 1.30 bits per heavy atom. The Labute approximate surface area is 123 Å². The van der Waals surface area contributed by atoms with Gasteiger partial charge in [-0.05, 0) is 48.4 Å². The second-order valence-corrected chi connectivity index (χ2v) is 5.65. The van der Waals surface area contributed by atoms with Gasteiger partial charge in [-0.2, -0.15) is 11.3 Å². The summed E-state index contributed by atoms with van der Waals surface area (Å²) in [6.45, 7) is 4.46. The van der Waals surface area contributed by atoms with Crippen LogP contribution in [0.3, 0.4) is 0 Å². The van der Waals surface area contributed by atoms with Crippen LogP contribution in [0.25, 0.3) is 0 Å². The van der Waals surface area contributed by atoms with Crippen LogP contribution in [0.2, 0.25) is 0 Å². The Kier molecular flexibility index (Phi) is 4.93. The predicted octanol–water partition coefficient (Wildman–Crippen LogP) is 3.48. The monoisotopic (exact) mass is 289 g/mol. The zero-order valence-electron chi connectivity index (χ0n) is 12.0. The molecular formula is C16H19NO2S. The third kappa shape index (κ3) is 3.68. The fraction of sp³-hybridized carbons (Fsp3) is 0.312. The molecule has 2 rings (SSSR count). The molecule has 0 saturated carbocycles. The molecule has 20 heavy (non-hydrogen) atoms. The van der Waals surface area contributed by atoms with E-state index in [4.69, 9.17) is 4.74 Å². The molecule has 0 fully saturated rings. The Balaban J connectivity index is 2.01. The molecule has 3 nitrogen and oxygen atoms in total. The number of carbonyl (C=O) groups is 1. The zero-order chi connectivity index (χ0) is 14.5. The van der Waals surface area contributed by atoms with E-state index in [-0.39, 0.29) is 12.0 Å². The van der Waals surface area contributed by atoms with Crippen LogP contribution in [0.5, 0.6) is 0 Å². The lowest BCUT2D eigenvalue weighted by Crippen LogP contribution is -2.29. The summed E-state index contributed by atoms with van der Waals surface area (Å²) < 4.78 is 5.42. The van der Waals surface area contributed by atoms with Crippen molar-refractivity contribution in [3.8, 4) is 0 Å². The summed E-state index contributed by atoms with van der Waals surface area (Å²) in [5.74, 6) is -0.0610. The van der Waals surface area contributed by atoms with Gasteiger partial charge in [0.25, 0.3) is 5.91 Å². The second kappa shape index (κ2) is 6.68. The van der Waals surface area contributed by atoms with Gasteiger partial charge in [-0.3, -0.25) is 4.79 Å². The second-order valence-electron chi connectivity index (χ2n) is 4.87. The molecule has 2 aromatic rings. The number of benzene rings is 1. The fourth-order valence-corrected chi connectivity index (χ4v) is 2.89. The minimum Gasteiger partial charge on any atom is -0.375 e. The summed E-state index contributed by atoms with van der Waals surface area (Å²) >= 11 is 1.63. The first kappa shape index (κ1) is 14.8. The van der Waals surface area contributed by atoms with Crippen LogP contribution >= 0.6 is 11.3 Å². The van der Waals surface area contributed by atoms with E-state index in [0.29, 0.717) is 12.1 Å². The Morgan fingerprint density at radius 2 is 2.00 bits per heavy atom. The first-order valence-corrected chi connectivity index (χ1v) is 7.46. The van der Waals surface area contributed by atoms with Crippen molar-refractivity contribution in [2.45, 2.75) is 20.0 Å². The molecule has 0 spiro atoms. The van der Waals surface area contributed by atoms with E-state index >= 15 is 0 Å². The smallest absolute Gasteiger partial charge is 0.251 e. The summed E-state index contributed by atoms with van der Waals surface area (Å²) in [6.07, 6.45) is -0.101. The van der Waals surface area contributed by atoms with Crippen LogP contribution in [0.15, 0.2) is 35.0 Å². The van der Waals surface area contributed by atoms with Crippen molar-refractivity contribution in [1.82, 2.24) is 5.32 Å². The largest absolute Gasteiger partial charge is 0.375 e. The molecule has 1 amide bonds. The minimum atomic E-state index is -0.101. The molecule has 106 valence electrons. The molecule has 1 atom stereocenters. The van der Waals surface area contributed by atoms with Gasteiger partial charge < -0.3 is 10.1 Å². The molecule has 0 aliphatic rings. The highest BCUT2D eigenvalue weighted by molar-refractivity contribution is 7.07. The highest BCUT2D eigenvalue weighted by atomic mass is 32.1. The molecule has 1 N–H and O–H groups in total. The number of methoxy groups -OCH3 is 1. The van der Waals surface area contributed by atoms with E-state index in [1.54, 1.807) is 18.4 Å². The van der Waals surface area contributed by atoms with Gasteiger partial charge in [-0.1, -0.05) is 17.2 Å². The molecule has 1 heterocycles. The zero-order valence-corrected chi connectivity index (χ0v) is 12.8. The summed E-state index contributed by atoms with van der Waals surface area (Å²) in [7, 11) is 1.66. The predicted molar refractivity (Wildman–Crippen MR) is 82.3 cm³/mol. The maximum absolute atomic E-state index is 12.2. The number of amides is 1. The van der Waals surface area contributed by atoms with Crippen LogP contribution < -0.4 is 5.32 Å². The van der Waals surface area contributed by atoms with Crippen LogP contribution in [0, 0.1) is 13.8 Å². The minimum absolute atomic E-state index is 0.0610. The lowest BCUT2D eigenvalue weighted by molar-refractivity contribution is 0.0829. The van der Waals surface area contributed by atoms with Crippen molar-refractivity contribution in [3.05, 3.63) is 57.3 Å². The number of thiophene rings is 1. The number of ether oxygens (including phenoxy) is 1. The number of hydrogen-bond donors (Lipinski definition) is 1. The summed E-state index contributed by atoms with van der Waals surface area (Å²) in [6, 6.07) is 7.87. The average molecular weight is 289 g/mol. The number of rotatable bonds is 5. The number of carbonyl (C=O) groups excluding carboxylic acids is 1. The molecule has 4 heteroatoms. The van der Waals surface area contributed by atoms with Crippen LogP contribution in [-0.4, -0.2) is 19.6 Å². The van der Waals surface area contributed by atoms with E-state index in [1.165, 1.54) is 0 Å². The van der Waals surface area contributed by atoms with Gasteiger partial charge in [-0.15, -0.1) is 0 Å². The van der Waals surface area contributed by atoms with E-state index in [9.17, 15) is 4.79 Å². The topological polar surface area (TPSA) is 38.3 Å². The van der Waals surface area contributed by atoms with Gasteiger partial charge in [0.2, 0.25) is 0 Å². The van der Waals surface area contributed by atoms with Gasteiger partial charge in [0.05, 0.1) is 0 Å². The maximum atomic E-state index is 12.2. The van der Waals surface area contributed by atoms with Crippen LogP contribution in [-0.2, 0) is 4.74 Å². The van der Waals surface area contributed by atoms with E-state index in [2.05, 4.69) is 11.4 Å². The molecule has 0 saturated heterocycles. The van der Waals surface area contributed by atoms with Crippen LogP contribution in [0.1, 0.15) is 33.2 Å². The number of aryl methyl sites for hydroxylation is 2. The summed E-state index contributed by atoms with van der Waals surface area (Å²) in [5, 5.41) is 6.98. The lowest BCUT2D eigenvalue weighted by atomic mass is 10.1. The van der Waals surface area contributed by atoms with E-state index in [0.717, 1.165) is 16.7 Å². The standard InChI is InChI=1S/C16H19NO2S/c1-11-6-12(2)8-14(7-11)16(18)17-9-15(19-3)13-4-5-20-10-13/h4-8,10,15H,9H2,1-3H3,(H,17,18). The molecule has 0 radical (unpaired) electrons. The van der Waals surface area contributed by atoms with Crippen LogP contribution in [0.4, 0.5) is 0 Å². The lowest BCUT2D eigenvalue weighted by Gasteiger charge is -2.15. The van der Waals surface area contributed by atoms with Gasteiger partial charge in [0.15, 0.2) is 0 Å². The summed E-state index contributed by atoms with van der Waals surface area (Å²) in [4.78, 5) is 12.2. The molecule has 0 aliphatic heterocycles. The van der Waals surface area contributed by atoms with Crippen molar-refractivity contribution >= 4 is 17.2 Å². The van der Waals surface area contributed by atoms with Crippen molar-refractivity contribution in [3.63, 3.8) is 0 Å². The van der Waals surface area contributed by atoms with Crippen molar-refractivity contribution in [2.75, 3.05) is 13.7 Å². The quantitative estimate of drug-likeness (QED) is 0.915. The first-order chi connectivity index (χ1) is 9.60. The Bertz CT molecular complexity index is 558. The molecule has 1 aromatic carbocycles. The average Bonchev–Trinajstić information content (AvgIpc) is 2.92. The summed E-state index contributed by atoms with van der Waals surface area (Å²) in [5.41, 5.74) is 3.98. The van der Waals surface area contributed by atoms with Gasteiger partial charge in [-0.25, -0.2) is 0 Å². The highest BCUT2D eigenvalue weighted by Crippen LogP contribution is 2.18. The third-order valence-corrected chi connectivity index (χ3v) is 3.83. The molecular weight excluding hydrogens is 270 g/mol. The molecule has 1 unspecified atom stereocenters. The normalized spacial score (nSPS) is 12.2. The Morgan fingerprint density at radius 3 is 2.55 bits per heavy atom. The van der Waals surface area contributed by atoms with Crippen molar-refractivity contribution in [2.24, 2.45) is 0 Å². The van der Waals surface area contributed by atoms with E-state index in [1.807, 2.05) is 42.8 Å². The number of hydrogen-bond acceptors (Lipinski definition) is 3. The molecule has 0 aliphatic carbocycles. The Hall–Kier alpha value is -1.65. The van der Waals surface area contributed by atoms with Gasteiger partial charge in [0, 0.05) is 19.2 Å². The maximum Gasteiger partial charge on any atom is 0.251 e. The number of nitrogens with one attached hydrogen (secondary N) is 1. The van der Waals surface area contributed by atoms with Gasteiger partial charge >= 0.3 is 0 Å². The van der Waals surface area contributed by atoms with Crippen molar-refractivity contribution in [1.29, 1.82) is 0 Å². The fourth-order valence-electron chi connectivity index (χ4n) is 2.19. The molecule has 1 aromatic heterocycles. The van der Waals surface area contributed by atoms with E-state index < -0.39 is 0 Å². The molecule has 0 bridgehead atoms. The van der Waals surface area contributed by atoms with Crippen molar-refractivity contribution < 1.29 is 9.53 Å². The first-order valence-electron chi connectivity index (χ1n) is 6.51. The SMILES string of the molecule is COC(CNC(=O)c1cc(C)cc(C)c1)c1ccsc1. The third-order valence-electron chi connectivity index (χ3n) is 3.13. The van der Waals surface area contributed by atoms with Gasteiger partial charge in [0.1, 0.15) is 6.10 Å². The highest BCUT2D eigenvalue weighted by Gasteiger charge is 2.13.